The number of H-pyrrole nitrogens is 1. The first-order valence-electron chi connectivity index (χ1n) is 24.8. The lowest BCUT2D eigenvalue weighted by Crippen LogP contribution is -2.54. The van der Waals surface area contributed by atoms with E-state index in [0.29, 0.717) is 42.9 Å². The van der Waals surface area contributed by atoms with E-state index < -0.39 is 47.7 Å². The van der Waals surface area contributed by atoms with Crippen molar-refractivity contribution in [3.8, 4) is 0 Å². The lowest BCUT2D eigenvalue weighted by molar-refractivity contribution is -0.154. The van der Waals surface area contributed by atoms with E-state index in [0.717, 1.165) is 77.9 Å². The van der Waals surface area contributed by atoms with Crippen molar-refractivity contribution >= 4 is 69.6 Å². The third kappa shape index (κ3) is 11.0. The summed E-state index contributed by atoms with van der Waals surface area (Å²) >= 11 is 6.12. The molecule has 1 aromatic heterocycles. The van der Waals surface area contributed by atoms with E-state index in [1.807, 2.05) is 53.4 Å². The van der Waals surface area contributed by atoms with Gasteiger partial charge in [0.15, 0.2) is 0 Å². The number of halogens is 1. The highest BCUT2D eigenvalue weighted by Gasteiger charge is 2.46. The maximum absolute atomic E-state index is 13.7. The number of fused-ring (bicyclic) bond motifs is 4. The molecule has 16 heteroatoms. The summed E-state index contributed by atoms with van der Waals surface area (Å²) in [6.07, 6.45) is 14.8. The van der Waals surface area contributed by atoms with Crippen LogP contribution < -0.4 is 10.6 Å². The number of imide groups is 2. The number of benzene rings is 3. The topological polar surface area (TPSA) is 182 Å². The summed E-state index contributed by atoms with van der Waals surface area (Å²) in [5, 5.41) is 6.57. The van der Waals surface area contributed by atoms with Crippen molar-refractivity contribution in [3.05, 3.63) is 100 Å². The van der Waals surface area contributed by atoms with Gasteiger partial charge in [-0.15, -0.1) is 11.6 Å². The Balaban J connectivity index is 0.678. The largest absolute Gasteiger partial charge is 0.467 e. The highest BCUT2D eigenvalue weighted by atomic mass is 35.5. The first kappa shape index (κ1) is 49.4. The molecule has 69 heavy (non-hydrogen) atoms. The molecule has 0 aliphatic carbocycles. The lowest BCUT2D eigenvalue weighted by atomic mass is 9.87. The Labute approximate surface area is 408 Å². The average Bonchev–Trinajstić information content (AvgIpc) is 3.87. The van der Waals surface area contributed by atoms with Gasteiger partial charge in [-0.3, -0.25) is 43.9 Å². The summed E-state index contributed by atoms with van der Waals surface area (Å²) in [6, 6.07) is 18.0. The SMILES string of the molecule is COC(=O)[C@H]1Cc2c([nH]c3ccccc23)[C@H](c2ccc(C(=O)N3CCN(CCCCCCCCCCCCCCNc4cccc5c4C(=O)N(C4CCC(=O)NC4=O)C5=O)CC3)cc2)N1C(=O)CCl. The Morgan fingerprint density at radius 1 is 0.768 bits per heavy atom. The number of carbonyl (C=O) groups is 7. The third-order valence-electron chi connectivity index (χ3n) is 14.3. The number of ether oxygens (including phenoxy) is 1. The van der Waals surface area contributed by atoms with Gasteiger partial charge in [0.25, 0.3) is 17.7 Å². The van der Waals surface area contributed by atoms with Gasteiger partial charge in [-0.25, -0.2) is 4.79 Å². The molecule has 3 aromatic carbocycles. The number of unbranched alkanes of at least 4 members (excludes halogenated alkanes) is 11. The first-order chi connectivity index (χ1) is 33.6. The number of rotatable bonds is 21. The molecule has 4 aliphatic heterocycles. The van der Waals surface area contributed by atoms with Gasteiger partial charge < -0.3 is 24.8 Å². The third-order valence-corrected chi connectivity index (χ3v) is 14.6. The standard InChI is InChI=1S/C53H64ClN7O8/c1-69-53(68)43-33-39-37-17-12-13-19-40(37)56-47(39)48(60(43)45(63)34-54)35-21-23-36(24-22-35)50(65)59-31-29-58(30-32-59)28-15-11-9-7-5-3-2-4-6-8-10-14-27-55-41-20-16-18-38-46(41)52(67)61(51(38)66)42-25-26-44(62)57-49(42)64/h12-13,16-24,42-43,48,55-56H,2-11,14-15,25-34H2,1H3,(H,57,62,64)/t42?,43-,48+/m1/s1. The molecular weight excluding hydrogens is 898 g/mol. The number of aromatic nitrogens is 1. The molecule has 4 aliphatic rings. The number of hydrogen-bond donors (Lipinski definition) is 3. The van der Waals surface area contributed by atoms with Crippen molar-refractivity contribution < 1.29 is 38.3 Å². The van der Waals surface area contributed by atoms with Crippen LogP contribution in [-0.4, -0.2) is 130 Å². The zero-order valence-electron chi connectivity index (χ0n) is 39.6. The van der Waals surface area contributed by atoms with Crippen LogP contribution in [0.15, 0.2) is 66.7 Å². The molecule has 366 valence electrons. The molecule has 0 saturated carbocycles. The Morgan fingerprint density at radius 2 is 1.43 bits per heavy atom. The molecule has 0 bridgehead atoms. The van der Waals surface area contributed by atoms with Crippen LogP contribution in [0.3, 0.4) is 0 Å². The molecule has 8 rings (SSSR count). The number of amides is 6. The smallest absolute Gasteiger partial charge is 0.328 e. The van der Waals surface area contributed by atoms with Crippen molar-refractivity contribution in [2.45, 2.75) is 114 Å². The minimum absolute atomic E-state index is 0.0138. The molecule has 0 spiro atoms. The molecule has 3 N–H and O–H groups in total. The zero-order chi connectivity index (χ0) is 48.4. The number of nitrogens with one attached hydrogen (secondary N) is 3. The van der Waals surface area contributed by atoms with Crippen LogP contribution in [0.5, 0.6) is 0 Å². The number of esters is 1. The van der Waals surface area contributed by atoms with Gasteiger partial charge in [-0.2, -0.15) is 0 Å². The minimum Gasteiger partial charge on any atom is -0.467 e. The van der Waals surface area contributed by atoms with Crippen LogP contribution in [0.2, 0.25) is 0 Å². The van der Waals surface area contributed by atoms with Gasteiger partial charge in [0.1, 0.15) is 18.0 Å². The second-order valence-electron chi connectivity index (χ2n) is 18.7. The molecule has 0 radical (unpaired) electrons. The summed E-state index contributed by atoms with van der Waals surface area (Å²) in [6.45, 7) is 4.77. The molecule has 4 aromatic rings. The van der Waals surface area contributed by atoms with Gasteiger partial charge in [0.05, 0.1) is 24.3 Å². The minimum atomic E-state index is -0.973. The monoisotopic (exact) mass is 961 g/mol. The molecule has 15 nitrogen and oxygen atoms in total. The molecule has 2 fully saturated rings. The fourth-order valence-corrected chi connectivity index (χ4v) is 10.7. The normalized spacial score (nSPS) is 19.4. The zero-order valence-corrected chi connectivity index (χ0v) is 40.3. The number of carbonyl (C=O) groups excluding carboxylic acids is 7. The Morgan fingerprint density at radius 3 is 2.10 bits per heavy atom. The van der Waals surface area contributed by atoms with Gasteiger partial charge in [0.2, 0.25) is 17.7 Å². The molecular formula is C53H64ClN7O8. The van der Waals surface area contributed by atoms with E-state index >= 15 is 0 Å². The molecule has 1 unspecified atom stereocenters. The number of hydrogen-bond acceptors (Lipinski definition) is 10. The number of nitrogens with zero attached hydrogens (tertiary/aromatic N) is 4. The van der Waals surface area contributed by atoms with E-state index in [9.17, 15) is 33.6 Å². The highest BCUT2D eigenvalue weighted by molar-refractivity contribution is 6.27. The van der Waals surface area contributed by atoms with Crippen LogP contribution in [0.1, 0.15) is 144 Å². The van der Waals surface area contributed by atoms with Gasteiger partial charge in [-0.1, -0.05) is 101 Å². The fourth-order valence-electron chi connectivity index (χ4n) is 10.6. The van der Waals surface area contributed by atoms with E-state index in [-0.39, 0.29) is 36.1 Å². The summed E-state index contributed by atoms with van der Waals surface area (Å²) in [7, 11) is 1.33. The van der Waals surface area contributed by atoms with Crippen molar-refractivity contribution in [2.24, 2.45) is 0 Å². The Bertz CT molecular complexity index is 2540. The fraction of sp³-hybridized carbons (Fsp3) is 0.491. The Kier molecular flexibility index (Phi) is 16.5. The van der Waals surface area contributed by atoms with Crippen molar-refractivity contribution in [2.75, 3.05) is 57.6 Å². The van der Waals surface area contributed by atoms with E-state index in [1.54, 1.807) is 18.2 Å². The van der Waals surface area contributed by atoms with Crippen LogP contribution >= 0.6 is 11.6 Å². The summed E-state index contributed by atoms with van der Waals surface area (Å²) in [5.41, 5.74) is 5.25. The maximum atomic E-state index is 13.7. The number of piperazine rings is 1. The molecule has 3 atom stereocenters. The molecule has 2 saturated heterocycles. The predicted octanol–water partition coefficient (Wildman–Crippen LogP) is 7.37. The van der Waals surface area contributed by atoms with Crippen LogP contribution in [0.4, 0.5) is 5.69 Å². The van der Waals surface area contributed by atoms with E-state index in [4.69, 9.17) is 16.3 Å². The van der Waals surface area contributed by atoms with Crippen molar-refractivity contribution in [1.29, 1.82) is 0 Å². The van der Waals surface area contributed by atoms with Gasteiger partial charge in [-0.05, 0) is 67.3 Å². The summed E-state index contributed by atoms with van der Waals surface area (Å²) in [4.78, 5) is 101. The number of anilines is 1. The second kappa shape index (κ2) is 23.0. The number of alkyl halides is 1. The number of piperidine rings is 1. The van der Waals surface area contributed by atoms with Crippen molar-refractivity contribution in [3.63, 3.8) is 0 Å². The number of para-hydroxylation sites is 1. The maximum Gasteiger partial charge on any atom is 0.328 e. The Hall–Kier alpha value is -6.06. The quantitative estimate of drug-likeness (QED) is 0.0330. The van der Waals surface area contributed by atoms with Crippen LogP contribution in [0, 0.1) is 0 Å². The average molecular weight is 963 g/mol. The molecule has 5 heterocycles. The second-order valence-corrected chi connectivity index (χ2v) is 19.0. The van der Waals surface area contributed by atoms with Gasteiger partial charge in [0, 0.05) is 73.4 Å². The number of aromatic amines is 1. The van der Waals surface area contributed by atoms with Crippen LogP contribution in [0.25, 0.3) is 10.9 Å². The molecule has 6 amide bonds. The predicted molar refractivity (Wildman–Crippen MR) is 263 cm³/mol. The highest BCUT2D eigenvalue weighted by Crippen LogP contribution is 2.42. The van der Waals surface area contributed by atoms with E-state index in [1.165, 1.54) is 63.4 Å². The lowest BCUT2D eigenvalue weighted by Gasteiger charge is -2.40. The van der Waals surface area contributed by atoms with Gasteiger partial charge >= 0.3 is 5.97 Å². The van der Waals surface area contributed by atoms with E-state index in [2.05, 4.69) is 20.5 Å². The first-order valence-corrected chi connectivity index (χ1v) is 25.4. The number of methoxy groups -OCH3 is 1. The van der Waals surface area contributed by atoms with Crippen LogP contribution in [-0.2, 0) is 30.3 Å². The summed E-state index contributed by atoms with van der Waals surface area (Å²) in [5.74, 6) is -3.16. The van der Waals surface area contributed by atoms with Crippen molar-refractivity contribution in [1.82, 2.24) is 29.9 Å². The summed E-state index contributed by atoms with van der Waals surface area (Å²) < 4.78 is 5.16.